The SMILES string of the molecule is Cn1cc(N2CC(C(=O)N3CCCc4cccnc43)CCC2=O)cn1. The van der Waals surface area contributed by atoms with Crippen molar-refractivity contribution in [2.24, 2.45) is 13.0 Å². The lowest BCUT2D eigenvalue weighted by Gasteiger charge is -2.35. The second kappa shape index (κ2) is 6.31. The number of aryl methyl sites for hydroxylation is 2. The van der Waals surface area contributed by atoms with E-state index in [0.29, 0.717) is 25.9 Å². The van der Waals surface area contributed by atoms with E-state index in [1.165, 1.54) is 0 Å². The third-order valence-electron chi connectivity index (χ3n) is 4.98. The molecule has 4 heterocycles. The van der Waals surface area contributed by atoms with Crippen molar-refractivity contribution in [2.75, 3.05) is 22.9 Å². The number of hydrogen-bond donors (Lipinski definition) is 0. The maximum Gasteiger partial charge on any atom is 0.233 e. The zero-order valence-corrected chi connectivity index (χ0v) is 14.3. The van der Waals surface area contributed by atoms with Gasteiger partial charge in [-0.1, -0.05) is 6.07 Å². The van der Waals surface area contributed by atoms with Crippen molar-refractivity contribution < 1.29 is 9.59 Å². The molecule has 2 aliphatic heterocycles. The third-order valence-corrected chi connectivity index (χ3v) is 4.98. The number of rotatable bonds is 2. The number of nitrogens with zero attached hydrogens (tertiary/aromatic N) is 5. The molecular weight excluding hydrogens is 318 g/mol. The van der Waals surface area contributed by atoms with Crippen molar-refractivity contribution in [3.05, 3.63) is 36.3 Å². The molecule has 0 spiro atoms. The average Bonchev–Trinajstić information content (AvgIpc) is 3.07. The first-order valence-electron chi connectivity index (χ1n) is 8.68. The highest BCUT2D eigenvalue weighted by Crippen LogP contribution is 2.29. The molecule has 2 aromatic heterocycles. The van der Waals surface area contributed by atoms with Gasteiger partial charge in [-0.2, -0.15) is 5.10 Å². The summed E-state index contributed by atoms with van der Waals surface area (Å²) in [4.78, 5) is 33.3. The van der Waals surface area contributed by atoms with Crippen LogP contribution in [0, 0.1) is 5.92 Å². The lowest BCUT2D eigenvalue weighted by Crippen LogP contribution is -2.48. The summed E-state index contributed by atoms with van der Waals surface area (Å²) < 4.78 is 1.67. The fourth-order valence-corrected chi connectivity index (χ4v) is 3.68. The van der Waals surface area contributed by atoms with Gasteiger partial charge in [0.2, 0.25) is 11.8 Å². The minimum absolute atomic E-state index is 0.0502. The van der Waals surface area contributed by atoms with Crippen LogP contribution in [0.15, 0.2) is 30.7 Å². The van der Waals surface area contributed by atoms with Crippen molar-refractivity contribution >= 4 is 23.3 Å². The molecule has 0 aromatic carbocycles. The quantitative estimate of drug-likeness (QED) is 0.832. The Morgan fingerprint density at radius 1 is 1.32 bits per heavy atom. The standard InChI is InChI=1S/C18H21N5O2/c1-21-12-15(10-20-21)23-11-14(6-7-16(23)24)18(25)22-9-3-5-13-4-2-8-19-17(13)22/h2,4,8,10,12,14H,3,5-7,9,11H2,1H3. The van der Waals surface area contributed by atoms with Gasteiger partial charge in [0, 0.05) is 39.0 Å². The lowest BCUT2D eigenvalue weighted by molar-refractivity contribution is -0.125. The summed E-state index contributed by atoms with van der Waals surface area (Å²) >= 11 is 0. The van der Waals surface area contributed by atoms with Crippen molar-refractivity contribution in [1.29, 1.82) is 0 Å². The lowest BCUT2D eigenvalue weighted by atomic mass is 9.94. The van der Waals surface area contributed by atoms with E-state index in [2.05, 4.69) is 10.1 Å². The summed E-state index contributed by atoms with van der Waals surface area (Å²) in [5, 5.41) is 4.13. The van der Waals surface area contributed by atoms with Crippen LogP contribution in [-0.4, -0.2) is 39.7 Å². The van der Waals surface area contributed by atoms with Gasteiger partial charge in [-0.15, -0.1) is 0 Å². The molecule has 0 radical (unpaired) electrons. The van der Waals surface area contributed by atoms with E-state index >= 15 is 0 Å². The van der Waals surface area contributed by atoms with Gasteiger partial charge >= 0.3 is 0 Å². The smallest absolute Gasteiger partial charge is 0.233 e. The van der Waals surface area contributed by atoms with Gasteiger partial charge in [0.15, 0.2) is 0 Å². The number of piperidine rings is 1. The molecule has 7 nitrogen and oxygen atoms in total. The number of carbonyl (C=O) groups is 2. The Morgan fingerprint density at radius 2 is 2.20 bits per heavy atom. The van der Waals surface area contributed by atoms with Gasteiger partial charge in [0.25, 0.3) is 0 Å². The number of carbonyl (C=O) groups excluding carboxylic acids is 2. The van der Waals surface area contributed by atoms with Crippen LogP contribution in [0.1, 0.15) is 24.8 Å². The average molecular weight is 339 g/mol. The molecule has 1 fully saturated rings. The molecular formula is C18H21N5O2. The number of pyridine rings is 1. The second-order valence-corrected chi connectivity index (χ2v) is 6.69. The van der Waals surface area contributed by atoms with Crippen molar-refractivity contribution in [3.63, 3.8) is 0 Å². The Hall–Kier alpha value is -2.70. The molecule has 0 saturated carbocycles. The largest absolute Gasteiger partial charge is 0.309 e. The van der Waals surface area contributed by atoms with E-state index in [4.69, 9.17) is 0 Å². The minimum atomic E-state index is -0.203. The number of aromatic nitrogens is 3. The molecule has 2 aromatic rings. The maximum atomic E-state index is 13.1. The van der Waals surface area contributed by atoms with E-state index in [-0.39, 0.29) is 17.7 Å². The van der Waals surface area contributed by atoms with E-state index in [9.17, 15) is 9.59 Å². The summed E-state index contributed by atoms with van der Waals surface area (Å²) in [6, 6.07) is 3.95. The maximum absolute atomic E-state index is 13.1. The molecule has 1 saturated heterocycles. The first kappa shape index (κ1) is 15.8. The van der Waals surface area contributed by atoms with Crippen LogP contribution in [0.2, 0.25) is 0 Å². The Kier molecular flexibility index (Phi) is 3.99. The molecule has 0 bridgehead atoms. The predicted octanol–water partition coefficient (Wildman–Crippen LogP) is 1.54. The Morgan fingerprint density at radius 3 is 3.00 bits per heavy atom. The van der Waals surface area contributed by atoms with Gasteiger partial charge in [0.05, 0.1) is 17.8 Å². The van der Waals surface area contributed by atoms with Crippen LogP contribution < -0.4 is 9.80 Å². The number of anilines is 2. The zero-order valence-electron chi connectivity index (χ0n) is 14.3. The number of amides is 2. The van der Waals surface area contributed by atoms with Gasteiger partial charge in [-0.25, -0.2) is 4.98 Å². The first-order chi connectivity index (χ1) is 12.1. The minimum Gasteiger partial charge on any atom is -0.309 e. The molecule has 2 amide bonds. The number of fused-ring (bicyclic) bond motifs is 1. The monoisotopic (exact) mass is 339 g/mol. The van der Waals surface area contributed by atoms with Gasteiger partial charge in [0.1, 0.15) is 5.82 Å². The Bertz CT molecular complexity index is 815. The number of hydrogen-bond acceptors (Lipinski definition) is 4. The molecule has 2 aliphatic rings. The van der Waals surface area contributed by atoms with Crippen LogP contribution in [0.25, 0.3) is 0 Å². The van der Waals surface area contributed by atoms with Crippen LogP contribution in [0.3, 0.4) is 0 Å². The van der Waals surface area contributed by atoms with Crippen molar-refractivity contribution in [3.8, 4) is 0 Å². The van der Waals surface area contributed by atoms with Crippen molar-refractivity contribution in [2.45, 2.75) is 25.7 Å². The summed E-state index contributed by atoms with van der Waals surface area (Å²) in [5.74, 6) is 0.699. The third kappa shape index (κ3) is 2.90. The Labute approximate surface area is 146 Å². The van der Waals surface area contributed by atoms with Crippen LogP contribution in [-0.2, 0) is 23.1 Å². The molecule has 0 aliphatic carbocycles. The fourth-order valence-electron chi connectivity index (χ4n) is 3.68. The molecule has 130 valence electrons. The van der Waals surface area contributed by atoms with E-state index < -0.39 is 0 Å². The van der Waals surface area contributed by atoms with Gasteiger partial charge in [-0.05, 0) is 30.9 Å². The Balaban J connectivity index is 1.56. The molecule has 1 unspecified atom stereocenters. The normalized spacial score (nSPS) is 20.5. The fraction of sp³-hybridized carbons (Fsp3) is 0.444. The van der Waals surface area contributed by atoms with Crippen molar-refractivity contribution in [1.82, 2.24) is 14.8 Å². The summed E-state index contributed by atoms with van der Waals surface area (Å²) in [6.07, 6.45) is 8.09. The van der Waals surface area contributed by atoms with E-state index in [1.54, 1.807) is 26.9 Å². The highest BCUT2D eigenvalue weighted by molar-refractivity contribution is 6.00. The highest BCUT2D eigenvalue weighted by atomic mass is 16.2. The molecule has 0 N–H and O–H groups in total. The molecule has 7 heteroatoms. The molecule has 4 rings (SSSR count). The summed E-state index contributed by atoms with van der Waals surface area (Å²) in [6.45, 7) is 1.10. The molecule has 25 heavy (non-hydrogen) atoms. The topological polar surface area (TPSA) is 71.3 Å². The van der Waals surface area contributed by atoms with E-state index in [0.717, 1.165) is 29.9 Å². The van der Waals surface area contributed by atoms with Gasteiger partial charge < -0.3 is 4.90 Å². The van der Waals surface area contributed by atoms with Gasteiger partial charge in [-0.3, -0.25) is 19.2 Å². The zero-order chi connectivity index (χ0) is 17.4. The summed E-state index contributed by atoms with van der Waals surface area (Å²) in [7, 11) is 1.82. The first-order valence-corrected chi connectivity index (χ1v) is 8.68. The predicted molar refractivity (Wildman–Crippen MR) is 93.2 cm³/mol. The summed E-state index contributed by atoms with van der Waals surface area (Å²) in [5.41, 5.74) is 1.88. The second-order valence-electron chi connectivity index (χ2n) is 6.69. The highest BCUT2D eigenvalue weighted by Gasteiger charge is 2.35. The van der Waals surface area contributed by atoms with Crippen LogP contribution in [0.4, 0.5) is 11.5 Å². The van der Waals surface area contributed by atoms with Crippen LogP contribution in [0.5, 0.6) is 0 Å². The van der Waals surface area contributed by atoms with Crippen LogP contribution >= 0.6 is 0 Å². The molecule has 1 atom stereocenters. The van der Waals surface area contributed by atoms with E-state index in [1.807, 2.05) is 25.4 Å².